The molecule has 1 rings (SSSR count). The van der Waals surface area contributed by atoms with Crippen molar-refractivity contribution in [2.24, 2.45) is 5.92 Å². The van der Waals surface area contributed by atoms with Crippen LogP contribution < -0.4 is 10.0 Å². The van der Waals surface area contributed by atoms with Crippen molar-refractivity contribution in [3.8, 4) is 0 Å². The molecule has 1 heterocycles. The summed E-state index contributed by atoms with van der Waals surface area (Å²) in [5.74, 6) is 0.642. The van der Waals surface area contributed by atoms with Crippen molar-refractivity contribution >= 4 is 10.0 Å². The maximum atomic E-state index is 11.9. The van der Waals surface area contributed by atoms with Crippen LogP contribution in [0.25, 0.3) is 0 Å². The first-order chi connectivity index (χ1) is 7.52. The predicted molar refractivity (Wildman–Crippen MR) is 66.9 cm³/mol. The van der Waals surface area contributed by atoms with Crippen LogP contribution in [0.15, 0.2) is 0 Å². The maximum Gasteiger partial charge on any atom is 0.214 e. The summed E-state index contributed by atoms with van der Waals surface area (Å²) < 4.78 is 26.5. The second-order valence-corrected chi connectivity index (χ2v) is 6.97. The molecule has 0 bridgehead atoms. The highest BCUT2D eigenvalue weighted by atomic mass is 32.2. The lowest BCUT2D eigenvalue weighted by Crippen LogP contribution is -2.41. The Bertz CT molecular complexity index is 282. The Balaban J connectivity index is 2.27. The van der Waals surface area contributed by atoms with E-state index in [1.165, 1.54) is 0 Å². The van der Waals surface area contributed by atoms with Gasteiger partial charge >= 0.3 is 0 Å². The first-order valence-electron chi connectivity index (χ1n) is 6.21. The normalized spacial score (nSPS) is 19.2. The summed E-state index contributed by atoms with van der Waals surface area (Å²) in [7, 11) is -3.07. The number of rotatable bonds is 6. The van der Waals surface area contributed by atoms with E-state index in [1.54, 1.807) is 0 Å². The molecule has 0 saturated carbocycles. The predicted octanol–water partition coefficient (Wildman–Crippen LogP) is 1.09. The second kappa shape index (κ2) is 6.57. The molecule has 0 aromatic carbocycles. The Hall–Kier alpha value is -0.130. The van der Waals surface area contributed by atoms with Gasteiger partial charge < -0.3 is 5.32 Å². The SMILES string of the molecule is CC(C)CCCNS(=O)(=O)C1CCNCC1. The summed E-state index contributed by atoms with van der Waals surface area (Å²) in [5, 5.41) is 2.99. The van der Waals surface area contributed by atoms with E-state index in [4.69, 9.17) is 0 Å². The lowest BCUT2D eigenvalue weighted by Gasteiger charge is -2.22. The molecular formula is C11H24N2O2S. The van der Waals surface area contributed by atoms with E-state index < -0.39 is 10.0 Å². The van der Waals surface area contributed by atoms with Gasteiger partial charge in [-0.15, -0.1) is 0 Å². The van der Waals surface area contributed by atoms with E-state index in [-0.39, 0.29) is 5.25 Å². The topological polar surface area (TPSA) is 58.2 Å². The van der Waals surface area contributed by atoms with Gasteiger partial charge in [-0.3, -0.25) is 0 Å². The van der Waals surface area contributed by atoms with Gasteiger partial charge in [0.25, 0.3) is 0 Å². The molecule has 96 valence electrons. The summed E-state index contributed by atoms with van der Waals surface area (Å²) in [6.45, 7) is 6.53. The van der Waals surface area contributed by atoms with E-state index in [1.807, 2.05) is 0 Å². The van der Waals surface area contributed by atoms with Crippen LogP contribution in [0.1, 0.15) is 39.5 Å². The van der Waals surface area contributed by atoms with Crippen molar-refractivity contribution in [3.63, 3.8) is 0 Å². The summed E-state index contributed by atoms with van der Waals surface area (Å²) in [4.78, 5) is 0. The molecular weight excluding hydrogens is 224 g/mol. The van der Waals surface area contributed by atoms with Crippen molar-refractivity contribution in [3.05, 3.63) is 0 Å². The molecule has 0 aromatic heterocycles. The number of sulfonamides is 1. The molecule has 0 radical (unpaired) electrons. The third kappa shape index (κ3) is 4.80. The average molecular weight is 248 g/mol. The van der Waals surface area contributed by atoms with E-state index in [0.29, 0.717) is 12.5 Å². The summed E-state index contributed by atoms with van der Waals surface area (Å²) in [5.41, 5.74) is 0. The highest BCUT2D eigenvalue weighted by molar-refractivity contribution is 7.90. The second-order valence-electron chi connectivity index (χ2n) is 4.92. The van der Waals surface area contributed by atoms with Crippen LogP contribution in [0.2, 0.25) is 0 Å². The summed E-state index contributed by atoms with van der Waals surface area (Å²) in [6, 6.07) is 0. The number of hydrogen-bond donors (Lipinski definition) is 2. The third-order valence-corrected chi connectivity index (χ3v) is 4.94. The molecule has 16 heavy (non-hydrogen) atoms. The molecule has 0 atom stereocenters. The van der Waals surface area contributed by atoms with Crippen LogP contribution in [0.3, 0.4) is 0 Å². The van der Waals surface area contributed by atoms with E-state index in [0.717, 1.165) is 38.8 Å². The van der Waals surface area contributed by atoms with Gasteiger partial charge in [-0.05, 0) is 44.7 Å². The standard InChI is InChI=1S/C11H24N2O2S/c1-10(2)4-3-7-13-16(14,15)11-5-8-12-9-6-11/h10-13H,3-9H2,1-2H3. The lowest BCUT2D eigenvalue weighted by molar-refractivity contribution is 0.485. The number of nitrogens with one attached hydrogen (secondary N) is 2. The zero-order valence-corrected chi connectivity index (χ0v) is 11.1. The zero-order valence-electron chi connectivity index (χ0n) is 10.3. The molecule has 0 spiro atoms. The Morgan fingerprint density at radius 3 is 2.50 bits per heavy atom. The first-order valence-corrected chi connectivity index (χ1v) is 7.76. The molecule has 5 heteroatoms. The summed E-state index contributed by atoms with van der Waals surface area (Å²) in [6.07, 6.45) is 3.48. The van der Waals surface area contributed by atoms with Gasteiger partial charge in [0.05, 0.1) is 5.25 Å². The van der Waals surface area contributed by atoms with Crippen LogP contribution in [0.4, 0.5) is 0 Å². The van der Waals surface area contributed by atoms with E-state index in [2.05, 4.69) is 23.9 Å². The van der Waals surface area contributed by atoms with Gasteiger partial charge in [0, 0.05) is 6.54 Å². The minimum atomic E-state index is -3.07. The van der Waals surface area contributed by atoms with Crippen molar-refractivity contribution in [1.29, 1.82) is 0 Å². The molecule has 4 nitrogen and oxygen atoms in total. The maximum absolute atomic E-state index is 11.9. The fourth-order valence-corrected chi connectivity index (χ4v) is 3.47. The lowest BCUT2D eigenvalue weighted by atomic mass is 10.1. The van der Waals surface area contributed by atoms with Gasteiger partial charge in [0.1, 0.15) is 0 Å². The Kier molecular flexibility index (Phi) is 5.72. The smallest absolute Gasteiger partial charge is 0.214 e. The highest BCUT2D eigenvalue weighted by Crippen LogP contribution is 2.12. The highest BCUT2D eigenvalue weighted by Gasteiger charge is 2.26. The zero-order chi connectivity index (χ0) is 12.0. The van der Waals surface area contributed by atoms with Gasteiger partial charge in [0.2, 0.25) is 10.0 Å². The monoisotopic (exact) mass is 248 g/mol. The average Bonchev–Trinajstić information content (AvgIpc) is 2.26. The molecule has 2 N–H and O–H groups in total. The molecule has 1 saturated heterocycles. The molecule has 1 fully saturated rings. The molecule has 0 amide bonds. The Labute approximate surface area is 99.2 Å². The van der Waals surface area contributed by atoms with Gasteiger partial charge in [-0.1, -0.05) is 13.8 Å². The first kappa shape index (κ1) is 13.9. The third-order valence-electron chi connectivity index (χ3n) is 2.99. The van der Waals surface area contributed by atoms with Crippen molar-refractivity contribution in [1.82, 2.24) is 10.0 Å². The molecule has 1 aliphatic rings. The minimum absolute atomic E-state index is 0.187. The van der Waals surface area contributed by atoms with Crippen LogP contribution >= 0.6 is 0 Å². The quantitative estimate of drug-likeness (QED) is 0.692. The van der Waals surface area contributed by atoms with Crippen LogP contribution in [0, 0.1) is 5.92 Å². The molecule has 0 unspecified atom stereocenters. The van der Waals surface area contributed by atoms with Crippen LogP contribution in [0.5, 0.6) is 0 Å². The fraction of sp³-hybridized carbons (Fsp3) is 1.00. The largest absolute Gasteiger partial charge is 0.317 e. The Morgan fingerprint density at radius 1 is 1.31 bits per heavy atom. The summed E-state index contributed by atoms with van der Waals surface area (Å²) >= 11 is 0. The van der Waals surface area contributed by atoms with E-state index >= 15 is 0 Å². The fourth-order valence-electron chi connectivity index (χ4n) is 1.95. The molecule has 0 aliphatic carbocycles. The number of piperidine rings is 1. The van der Waals surface area contributed by atoms with Crippen LogP contribution in [-0.2, 0) is 10.0 Å². The minimum Gasteiger partial charge on any atom is -0.317 e. The van der Waals surface area contributed by atoms with Crippen molar-refractivity contribution in [2.45, 2.75) is 44.8 Å². The Morgan fingerprint density at radius 2 is 1.94 bits per heavy atom. The molecule has 1 aliphatic heterocycles. The molecule has 0 aromatic rings. The van der Waals surface area contributed by atoms with E-state index in [9.17, 15) is 8.42 Å². The van der Waals surface area contributed by atoms with Crippen molar-refractivity contribution in [2.75, 3.05) is 19.6 Å². The van der Waals surface area contributed by atoms with Crippen molar-refractivity contribution < 1.29 is 8.42 Å². The van der Waals surface area contributed by atoms with Crippen LogP contribution in [-0.4, -0.2) is 33.3 Å². The number of hydrogen-bond acceptors (Lipinski definition) is 3. The van der Waals surface area contributed by atoms with Gasteiger partial charge in [-0.2, -0.15) is 0 Å². The van der Waals surface area contributed by atoms with Gasteiger partial charge in [0.15, 0.2) is 0 Å². The van der Waals surface area contributed by atoms with Gasteiger partial charge in [-0.25, -0.2) is 13.1 Å².